The third kappa shape index (κ3) is 3.45. The number of nitrogen functional groups attached to an aromatic ring is 1. The highest BCUT2D eigenvalue weighted by Gasteiger charge is 2.19. The Bertz CT molecular complexity index is 705. The van der Waals surface area contributed by atoms with E-state index in [9.17, 15) is 12.8 Å². The summed E-state index contributed by atoms with van der Waals surface area (Å²) in [6, 6.07) is 1.88. The van der Waals surface area contributed by atoms with Crippen molar-refractivity contribution in [3.63, 3.8) is 0 Å². The zero-order valence-electron chi connectivity index (χ0n) is 10.1. The molecule has 1 heterocycles. The fourth-order valence-corrected chi connectivity index (χ4v) is 3.68. The van der Waals surface area contributed by atoms with Gasteiger partial charge in [-0.25, -0.2) is 22.5 Å². The van der Waals surface area contributed by atoms with Gasteiger partial charge < -0.3 is 5.73 Å². The van der Waals surface area contributed by atoms with Crippen molar-refractivity contribution >= 4 is 38.6 Å². The number of nitrogens with zero attached hydrogens (tertiary/aromatic N) is 1. The normalized spacial score (nSPS) is 11.7. The quantitative estimate of drug-likeness (QED) is 0.819. The predicted molar refractivity (Wildman–Crippen MR) is 76.8 cm³/mol. The van der Waals surface area contributed by atoms with E-state index in [2.05, 4.69) is 9.71 Å². The van der Waals surface area contributed by atoms with Gasteiger partial charge in [0.15, 0.2) is 0 Å². The molecule has 0 aliphatic rings. The second-order valence-corrected chi connectivity index (χ2v) is 6.79. The molecule has 3 N–H and O–H groups in total. The molecule has 0 aliphatic heterocycles. The number of thiazole rings is 1. The average molecular weight is 336 g/mol. The summed E-state index contributed by atoms with van der Waals surface area (Å²) in [7, 11) is -3.84. The topological polar surface area (TPSA) is 85.1 Å². The molecule has 0 amide bonds. The lowest BCUT2D eigenvalue weighted by atomic mass is 10.3. The molecule has 0 saturated carbocycles. The number of halogens is 2. The van der Waals surface area contributed by atoms with E-state index in [0.29, 0.717) is 6.42 Å². The average Bonchev–Trinajstić information content (AvgIpc) is 2.86. The highest BCUT2D eigenvalue weighted by molar-refractivity contribution is 7.89. The van der Waals surface area contributed by atoms with Crippen molar-refractivity contribution < 1.29 is 12.8 Å². The van der Waals surface area contributed by atoms with Crippen LogP contribution in [0.3, 0.4) is 0 Å². The number of anilines is 1. The van der Waals surface area contributed by atoms with Crippen LogP contribution in [0.15, 0.2) is 27.9 Å². The van der Waals surface area contributed by atoms with Gasteiger partial charge in [0.25, 0.3) is 0 Å². The highest BCUT2D eigenvalue weighted by atomic mass is 35.5. The summed E-state index contributed by atoms with van der Waals surface area (Å²) >= 11 is 7.17. The Labute approximate surface area is 124 Å². The Hall–Kier alpha value is -1.22. The third-order valence-electron chi connectivity index (χ3n) is 2.50. The largest absolute Gasteiger partial charge is 0.396 e. The summed E-state index contributed by atoms with van der Waals surface area (Å²) in [6.07, 6.45) is 0.455. The molecule has 0 unspecified atom stereocenters. The summed E-state index contributed by atoms with van der Waals surface area (Å²) in [5, 5.41) is 1.62. The Morgan fingerprint density at radius 1 is 1.45 bits per heavy atom. The molecule has 1 aromatic carbocycles. The molecule has 2 rings (SSSR count). The van der Waals surface area contributed by atoms with Crippen molar-refractivity contribution in [1.29, 1.82) is 0 Å². The van der Waals surface area contributed by atoms with Gasteiger partial charge >= 0.3 is 0 Å². The van der Waals surface area contributed by atoms with Crippen molar-refractivity contribution in [1.82, 2.24) is 9.71 Å². The van der Waals surface area contributed by atoms with Gasteiger partial charge in [-0.3, -0.25) is 0 Å². The molecule has 0 fully saturated rings. The molecule has 2 aromatic rings. The molecule has 0 spiro atoms. The summed E-state index contributed by atoms with van der Waals surface area (Å²) < 4.78 is 39.6. The molecule has 0 saturated heterocycles. The number of benzene rings is 1. The van der Waals surface area contributed by atoms with Gasteiger partial charge in [-0.1, -0.05) is 11.6 Å². The minimum Gasteiger partial charge on any atom is -0.396 e. The minimum absolute atomic E-state index is 0.166. The van der Waals surface area contributed by atoms with Crippen molar-refractivity contribution in [3.05, 3.63) is 39.6 Å². The summed E-state index contributed by atoms with van der Waals surface area (Å²) in [4.78, 5) is 3.80. The molecular weight excluding hydrogens is 325 g/mol. The SMILES string of the molecule is Nc1cc(S(=O)(=O)NCCc2cscn2)c(Cl)cc1F. The number of rotatable bonds is 5. The van der Waals surface area contributed by atoms with Gasteiger partial charge in [-0.05, 0) is 12.1 Å². The van der Waals surface area contributed by atoms with Crippen LogP contribution in [0.1, 0.15) is 5.69 Å². The predicted octanol–water partition coefficient (Wildman–Crippen LogP) is 2.04. The molecule has 1 aromatic heterocycles. The van der Waals surface area contributed by atoms with Crippen LogP contribution in [0.4, 0.5) is 10.1 Å². The fourth-order valence-electron chi connectivity index (χ4n) is 1.50. The van der Waals surface area contributed by atoms with Crippen molar-refractivity contribution in [3.8, 4) is 0 Å². The van der Waals surface area contributed by atoms with E-state index in [4.69, 9.17) is 17.3 Å². The maximum Gasteiger partial charge on any atom is 0.242 e. The monoisotopic (exact) mass is 335 g/mol. The van der Waals surface area contributed by atoms with Gasteiger partial charge in [0.1, 0.15) is 10.7 Å². The van der Waals surface area contributed by atoms with Crippen LogP contribution < -0.4 is 10.5 Å². The lowest BCUT2D eigenvalue weighted by Crippen LogP contribution is -2.26. The fraction of sp³-hybridized carbons (Fsp3) is 0.182. The van der Waals surface area contributed by atoms with Crippen LogP contribution in [-0.4, -0.2) is 19.9 Å². The lowest BCUT2D eigenvalue weighted by Gasteiger charge is -2.09. The van der Waals surface area contributed by atoms with Gasteiger partial charge in [-0.15, -0.1) is 11.3 Å². The Kier molecular flexibility index (Phi) is 4.59. The number of hydrogen-bond donors (Lipinski definition) is 2. The highest BCUT2D eigenvalue weighted by Crippen LogP contribution is 2.26. The van der Waals surface area contributed by atoms with Gasteiger partial charge in [0, 0.05) is 18.3 Å². The maximum absolute atomic E-state index is 13.2. The standard InChI is InChI=1S/C11H11ClFN3O2S2/c12-8-3-9(13)10(14)4-11(8)20(17,18)16-2-1-7-5-19-6-15-7/h3-6,16H,1-2,14H2. The molecule has 0 aliphatic carbocycles. The third-order valence-corrected chi connectivity index (χ3v) is 5.06. The van der Waals surface area contributed by atoms with Gasteiger partial charge in [0.05, 0.1) is 21.9 Å². The van der Waals surface area contributed by atoms with Gasteiger partial charge in [-0.2, -0.15) is 0 Å². The van der Waals surface area contributed by atoms with E-state index in [0.717, 1.165) is 17.8 Å². The molecule has 20 heavy (non-hydrogen) atoms. The first-order valence-corrected chi connectivity index (χ1v) is 8.32. The Balaban J connectivity index is 2.12. The van der Waals surface area contributed by atoms with Crippen LogP contribution in [0.5, 0.6) is 0 Å². The first-order valence-electron chi connectivity index (χ1n) is 5.51. The van der Waals surface area contributed by atoms with Crippen LogP contribution >= 0.6 is 22.9 Å². The molecule has 0 bridgehead atoms. The first-order chi connectivity index (χ1) is 9.40. The smallest absolute Gasteiger partial charge is 0.242 e. The van der Waals surface area contributed by atoms with Crippen LogP contribution in [0.25, 0.3) is 0 Å². The molecular formula is C11H11ClFN3O2S2. The Morgan fingerprint density at radius 2 is 2.20 bits per heavy atom. The molecule has 108 valence electrons. The van der Waals surface area contributed by atoms with Crippen LogP contribution in [-0.2, 0) is 16.4 Å². The summed E-state index contributed by atoms with van der Waals surface area (Å²) in [5.74, 6) is -0.753. The number of hydrogen-bond acceptors (Lipinski definition) is 5. The van der Waals surface area contributed by atoms with Crippen LogP contribution in [0, 0.1) is 5.82 Å². The van der Waals surface area contributed by atoms with E-state index >= 15 is 0 Å². The second-order valence-electron chi connectivity index (χ2n) is 3.93. The molecule has 0 atom stereocenters. The van der Waals surface area contributed by atoms with Crippen molar-refractivity contribution in [2.45, 2.75) is 11.3 Å². The van der Waals surface area contributed by atoms with E-state index in [1.54, 1.807) is 5.51 Å². The van der Waals surface area contributed by atoms with E-state index in [1.165, 1.54) is 11.3 Å². The molecule has 0 radical (unpaired) electrons. The van der Waals surface area contributed by atoms with Gasteiger partial charge in [0.2, 0.25) is 10.0 Å². The summed E-state index contributed by atoms with van der Waals surface area (Å²) in [5.41, 5.74) is 7.55. The minimum atomic E-state index is -3.84. The molecule has 5 nitrogen and oxygen atoms in total. The zero-order chi connectivity index (χ0) is 14.8. The lowest BCUT2D eigenvalue weighted by molar-refractivity contribution is 0.580. The number of nitrogens with one attached hydrogen (secondary N) is 1. The van der Waals surface area contributed by atoms with E-state index < -0.39 is 15.8 Å². The maximum atomic E-state index is 13.2. The summed E-state index contributed by atoms with van der Waals surface area (Å²) in [6.45, 7) is 0.166. The van der Waals surface area contributed by atoms with Crippen LogP contribution in [0.2, 0.25) is 5.02 Å². The zero-order valence-corrected chi connectivity index (χ0v) is 12.5. The number of sulfonamides is 1. The Morgan fingerprint density at radius 3 is 2.85 bits per heavy atom. The molecule has 9 heteroatoms. The van der Waals surface area contributed by atoms with E-state index in [-0.39, 0.29) is 22.2 Å². The van der Waals surface area contributed by atoms with E-state index in [1.807, 2.05) is 5.38 Å². The first kappa shape index (κ1) is 15.2. The van der Waals surface area contributed by atoms with Crippen molar-refractivity contribution in [2.24, 2.45) is 0 Å². The van der Waals surface area contributed by atoms with Crippen molar-refractivity contribution in [2.75, 3.05) is 12.3 Å². The second kappa shape index (κ2) is 6.04. The number of aromatic nitrogens is 1. The number of nitrogens with two attached hydrogens (primary N) is 1.